The number of rotatable bonds is 5. The van der Waals surface area contributed by atoms with E-state index >= 15 is 0 Å². The van der Waals surface area contributed by atoms with Crippen LogP contribution in [0.3, 0.4) is 0 Å². The number of esters is 2. The SMILES string of the molecule is C=CC(C)COC(=O)CC(=O)OC. The molecule has 0 spiro atoms. The molecule has 0 amide bonds. The van der Waals surface area contributed by atoms with Crippen molar-refractivity contribution in [3.8, 4) is 0 Å². The van der Waals surface area contributed by atoms with E-state index in [0.29, 0.717) is 0 Å². The number of carbonyl (C=O) groups is 2. The number of carbonyl (C=O) groups excluding carboxylic acids is 2. The number of hydrogen-bond acceptors (Lipinski definition) is 4. The molecule has 1 atom stereocenters. The van der Waals surface area contributed by atoms with E-state index in [1.165, 1.54) is 7.11 Å². The second kappa shape index (κ2) is 6.22. The fourth-order valence-corrected chi connectivity index (χ4v) is 0.533. The van der Waals surface area contributed by atoms with Gasteiger partial charge in [0.25, 0.3) is 0 Å². The predicted octanol–water partition coefficient (Wildman–Crippen LogP) is 0.915. The van der Waals surface area contributed by atoms with Gasteiger partial charge in [0.05, 0.1) is 13.7 Å². The van der Waals surface area contributed by atoms with Crippen LogP contribution in [-0.4, -0.2) is 25.7 Å². The Morgan fingerprint density at radius 3 is 2.54 bits per heavy atom. The van der Waals surface area contributed by atoms with E-state index < -0.39 is 11.9 Å². The zero-order chi connectivity index (χ0) is 10.3. The molecule has 4 nitrogen and oxygen atoms in total. The van der Waals surface area contributed by atoms with Gasteiger partial charge in [0.1, 0.15) is 6.42 Å². The van der Waals surface area contributed by atoms with Crippen LogP contribution in [0.4, 0.5) is 0 Å². The first-order valence-electron chi connectivity index (χ1n) is 3.95. The smallest absolute Gasteiger partial charge is 0.317 e. The van der Waals surface area contributed by atoms with E-state index in [4.69, 9.17) is 4.74 Å². The number of ether oxygens (including phenoxy) is 2. The first-order valence-corrected chi connectivity index (χ1v) is 3.95. The summed E-state index contributed by atoms with van der Waals surface area (Å²) in [4.78, 5) is 21.5. The molecular weight excluding hydrogens is 172 g/mol. The zero-order valence-electron chi connectivity index (χ0n) is 7.91. The van der Waals surface area contributed by atoms with Gasteiger partial charge in [-0.3, -0.25) is 9.59 Å². The highest BCUT2D eigenvalue weighted by molar-refractivity contribution is 5.91. The van der Waals surface area contributed by atoms with Gasteiger partial charge in [-0.15, -0.1) is 6.58 Å². The Balaban J connectivity index is 3.63. The van der Waals surface area contributed by atoms with Crippen LogP contribution in [0.15, 0.2) is 12.7 Å². The van der Waals surface area contributed by atoms with Crippen molar-refractivity contribution in [3.05, 3.63) is 12.7 Å². The van der Waals surface area contributed by atoms with Crippen molar-refractivity contribution in [3.63, 3.8) is 0 Å². The monoisotopic (exact) mass is 186 g/mol. The van der Waals surface area contributed by atoms with Gasteiger partial charge in [0.2, 0.25) is 0 Å². The van der Waals surface area contributed by atoms with E-state index in [1.54, 1.807) is 6.08 Å². The van der Waals surface area contributed by atoms with Crippen molar-refractivity contribution in [1.82, 2.24) is 0 Å². The zero-order valence-corrected chi connectivity index (χ0v) is 7.91. The molecule has 74 valence electrons. The van der Waals surface area contributed by atoms with E-state index in [2.05, 4.69) is 11.3 Å². The molecule has 0 bridgehead atoms. The Hall–Kier alpha value is -1.32. The number of hydrogen-bond donors (Lipinski definition) is 0. The third-order valence-electron chi connectivity index (χ3n) is 1.43. The molecule has 0 aliphatic carbocycles. The molecule has 0 saturated carbocycles. The second-order valence-corrected chi connectivity index (χ2v) is 2.65. The number of methoxy groups -OCH3 is 1. The quantitative estimate of drug-likeness (QED) is 0.364. The average molecular weight is 186 g/mol. The van der Waals surface area contributed by atoms with Crippen LogP contribution in [0.1, 0.15) is 13.3 Å². The van der Waals surface area contributed by atoms with Gasteiger partial charge in [0, 0.05) is 5.92 Å². The second-order valence-electron chi connectivity index (χ2n) is 2.65. The fourth-order valence-electron chi connectivity index (χ4n) is 0.533. The summed E-state index contributed by atoms with van der Waals surface area (Å²) in [6.07, 6.45) is 1.34. The van der Waals surface area contributed by atoms with Gasteiger partial charge in [-0.1, -0.05) is 13.0 Å². The summed E-state index contributed by atoms with van der Waals surface area (Å²) in [5.74, 6) is -1.06. The molecule has 0 heterocycles. The van der Waals surface area contributed by atoms with E-state index in [0.717, 1.165) is 0 Å². The lowest BCUT2D eigenvalue weighted by Gasteiger charge is -2.06. The summed E-state index contributed by atoms with van der Waals surface area (Å²) in [6, 6.07) is 0. The third kappa shape index (κ3) is 5.90. The van der Waals surface area contributed by atoms with Crippen LogP contribution in [0.25, 0.3) is 0 Å². The Kier molecular flexibility index (Phi) is 5.59. The maximum atomic E-state index is 10.9. The molecular formula is C9H14O4. The van der Waals surface area contributed by atoms with Crippen LogP contribution < -0.4 is 0 Å². The van der Waals surface area contributed by atoms with Crippen molar-refractivity contribution in [2.45, 2.75) is 13.3 Å². The summed E-state index contributed by atoms with van der Waals surface area (Å²) in [5, 5.41) is 0. The molecule has 0 N–H and O–H groups in total. The van der Waals surface area contributed by atoms with Crippen LogP contribution >= 0.6 is 0 Å². The fraction of sp³-hybridized carbons (Fsp3) is 0.556. The van der Waals surface area contributed by atoms with Crippen molar-refractivity contribution in [2.24, 2.45) is 5.92 Å². The minimum absolute atomic E-state index is 0.0987. The largest absolute Gasteiger partial charge is 0.469 e. The predicted molar refractivity (Wildman–Crippen MR) is 47.0 cm³/mol. The Morgan fingerprint density at radius 2 is 2.08 bits per heavy atom. The summed E-state index contributed by atoms with van der Waals surface area (Å²) >= 11 is 0. The van der Waals surface area contributed by atoms with Gasteiger partial charge in [0.15, 0.2) is 0 Å². The molecule has 0 saturated heterocycles. The van der Waals surface area contributed by atoms with Gasteiger partial charge >= 0.3 is 11.9 Å². The topological polar surface area (TPSA) is 52.6 Å². The van der Waals surface area contributed by atoms with Gasteiger partial charge < -0.3 is 9.47 Å². The summed E-state index contributed by atoms with van der Waals surface area (Å²) < 4.78 is 9.05. The lowest BCUT2D eigenvalue weighted by atomic mass is 10.2. The molecule has 1 unspecified atom stereocenters. The lowest BCUT2D eigenvalue weighted by molar-refractivity contribution is -0.153. The molecule has 0 aromatic rings. The molecule has 0 aromatic carbocycles. The minimum Gasteiger partial charge on any atom is -0.469 e. The van der Waals surface area contributed by atoms with Crippen molar-refractivity contribution >= 4 is 11.9 Å². The standard InChI is InChI=1S/C9H14O4/c1-4-7(2)6-13-9(11)5-8(10)12-3/h4,7H,1,5-6H2,2-3H3. The maximum absolute atomic E-state index is 10.9. The molecule has 0 aromatic heterocycles. The molecule has 4 heteroatoms. The van der Waals surface area contributed by atoms with Crippen LogP contribution in [-0.2, 0) is 19.1 Å². The molecule has 13 heavy (non-hydrogen) atoms. The molecule has 0 rings (SSSR count). The molecule has 0 radical (unpaired) electrons. The average Bonchev–Trinajstić information content (AvgIpc) is 2.13. The van der Waals surface area contributed by atoms with E-state index in [-0.39, 0.29) is 18.9 Å². The van der Waals surface area contributed by atoms with Crippen molar-refractivity contribution < 1.29 is 19.1 Å². The first-order chi connectivity index (χ1) is 6.10. The molecule has 0 fully saturated rings. The summed E-state index contributed by atoms with van der Waals surface area (Å²) in [5.41, 5.74) is 0. The third-order valence-corrected chi connectivity index (χ3v) is 1.43. The first kappa shape index (κ1) is 11.7. The summed E-state index contributed by atoms with van der Waals surface area (Å²) in [6.45, 7) is 5.64. The summed E-state index contributed by atoms with van der Waals surface area (Å²) in [7, 11) is 1.22. The lowest BCUT2D eigenvalue weighted by Crippen LogP contribution is -2.15. The Labute approximate surface area is 77.5 Å². The van der Waals surface area contributed by atoms with Crippen LogP contribution in [0.5, 0.6) is 0 Å². The molecule has 0 aliphatic rings. The Bertz CT molecular complexity index is 198. The van der Waals surface area contributed by atoms with Crippen molar-refractivity contribution in [1.29, 1.82) is 0 Å². The minimum atomic E-state index is -0.587. The highest BCUT2D eigenvalue weighted by atomic mass is 16.5. The highest BCUT2D eigenvalue weighted by Gasteiger charge is 2.11. The van der Waals surface area contributed by atoms with Gasteiger partial charge in [-0.05, 0) is 0 Å². The van der Waals surface area contributed by atoms with E-state index in [9.17, 15) is 9.59 Å². The molecule has 0 aliphatic heterocycles. The highest BCUT2D eigenvalue weighted by Crippen LogP contribution is 1.98. The van der Waals surface area contributed by atoms with Gasteiger partial charge in [-0.2, -0.15) is 0 Å². The normalized spacial score (nSPS) is 11.5. The van der Waals surface area contributed by atoms with Crippen LogP contribution in [0.2, 0.25) is 0 Å². The Morgan fingerprint density at radius 1 is 1.46 bits per heavy atom. The van der Waals surface area contributed by atoms with Crippen molar-refractivity contribution in [2.75, 3.05) is 13.7 Å². The maximum Gasteiger partial charge on any atom is 0.317 e. The van der Waals surface area contributed by atoms with Crippen LogP contribution in [0, 0.1) is 5.92 Å². The van der Waals surface area contributed by atoms with Gasteiger partial charge in [-0.25, -0.2) is 0 Å². The van der Waals surface area contributed by atoms with E-state index in [1.807, 2.05) is 6.92 Å².